The summed E-state index contributed by atoms with van der Waals surface area (Å²) in [5.74, 6) is 0.773. The molecular weight excluding hydrogens is 489 g/mol. The number of hydrogen-bond donors (Lipinski definition) is 2. The first-order valence-corrected chi connectivity index (χ1v) is 10.2. The first kappa shape index (κ1) is 23.9. The molecule has 0 radical (unpaired) electrons. The molecule has 3 aromatic rings. The summed E-state index contributed by atoms with van der Waals surface area (Å²) in [5, 5.41) is 15.9. The maximum Gasteiger partial charge on any atom is 0.191 e. The van der Waals surface area contributed by atoms with Crippen molar-refractivity contribution in [1.82, 2.24) is 30.2 Å². The Labute approximate surface area is 196 Å². The van der Waals surface area contributed by atoms with Gasteiger partial charge in [-0.2, -0.15) is 10.2 Å². The third-order valence-corrected chi connectivity index (χ3v) is 5.18. The van der Waals surface area contributed by atoms with E-state index in [0.29, 0.717) is 6.54 Å². The fraction of sp³-hybridized carbons (Fsp3) is 0.409. The van der Waals surface area contributed by atoms with Crippen LogP contribution in [0.5, 0.6) is 0 Å². The summed E-state index contributed by atoms with van der Waals surface area (Å²) >= 11 is 0. The molecule has 2 aromatic heterocycles. The van der Waals surface area contributed by atoms with Gasteiger partial charge in [0, 0.05) is 44.3 Å². The molecule has 0 saturated carbocycles. The molecule has 1 aromatic carbocycles. The standard InChI is InChI=1S/C22H31N7.HI/c1-6-20-19(21(7-2)28(5)27-20)15-24-22(23-4)26-16(3)17-10-8-11-18(14-17)29-13-9-12-25-29;/h8-14,16H,6-7,15H2,1-5H3,(H2,23,24,26);1H. The molecule has 2 N–H and O–H groups in total. The minimum atomic E-state index is 0. The number of nitrogens with zero attached hydrogens (tertiary/aromatic N) is 5. The molecule has 0 spiro atoms. The second-order valence-electron chi connectivity index (χ2n) is 7.04. The van der Waals surface area contributed by atoms with Crippen molar-refractivity contribution in [2.24, 2.45) is 12.0 Å². The molecule has 8 heteroatoms. The maximum atomic E-state index is 4.65. The number of hydrogen-bond acceptors (Lipinski definition) is 3. The van der Waals surface area contributed by atoms with Gasteiger partial charge in [-0.15, -0.1) is 24.0 Å². The van der Waals surface area contributed by atoms with Crippen LogP contribution < -0.4 is 10.6 Å². The molecule has 0 aliphatic rings. The van der Waals surface area contributed by atoms with Gasteiger partial charge in [-0.3, -0.25) is 9.67 Å². The van der Waals surface area contributed by atoms with Crippen LogP contribution in [0.3, 0.4) is 0 Å². The van der Waals surface area contributed by atoms with Gasteiger partial charge in [0.15, 0.2) is 5.96 Å². The summed E-state index contributed by atoms with van der Waals surface area (Å²) in [6.45, 7) is 7.16. The van der Waals surface area contributed by atoms with Crippen LogP contribution in [0.2, 0.25) is 0 Å². The number of nitrogens with one attached hydrogen (secondary N) is 2. The zero-order valence-electron chi connectivity index (χ0n) is 18.4. The molecule has 30 heavy (non-hydrogen) atoms. The van der Waals surface area contributed by atoms with Gasteiger partial charge < -0.3 is 10.6 Å². The number of rotatable bonds is 7. The Bertz CT molecular complexity index is 960. The highest BCUT2D eigenvalue weighted by molar-refractivity contribution is 14.0. The molecule has 0 aliphatic carbocycles. The van der Waals surface area contributed by atoms with E-state index in [1.54, 1.807) is 13.2 Å². The Balaban J connectivity index is 0.00000320. The molecule has 0 saturated heterocycles. The molecule has 7 nitrogen and oxygen atoms in total. The largest absolute Gasteiger partial charge is 0.352 e. The third kappa shape index (κ3) is 5.41. The molecule has 1 atom stereocenters. The van der Waals surface area contributed by atoms with Crippen molar-refractivity contribution in [1.29, 1.82) is 0 Å². The van der Waals surface area contributed by atoms with E-state index in [9.17, 15) is 0 Å². The first-order chi connectivity index (χ1) is 14.1. The van der Waals surface area contributed by atoms with E-state index in [2.05, 4.69) is 70.9 Å². The average Bonchev–Trinajstić information content (AvgIpc) is 3.38. The Morgan fingerprint density at radius 3 is 2.63 bits per heavy atom. The van der Waals surface area contributed by atoms with E-state index in [1.807, 2.05) is 28.7 Å². The topological polar surface area (TPSA) is 72.1 Å². The lowest BCUT2D eigenvalue weighted by Gasteiger charge is -2.19. The summed E-state index contributed by atoms with van der Waals surface area (Å²) in [6.07, 6.45) is 5.62. The van der Waals surface area contributed by atoms with E-state index in [0.717, 1.165) is 30.2 Å². The summed E-state index contributed by atoms with van der Waals surface area (Å²) in [5.41, 5.74) is 5.90. The van der Waals surface area contributed by atoms with Crippen LogP contribution in [0, 0.1) is 0 Å². The van der Waals surface area contributed by atoms with Crippen LogP contribution in [0.4, 0.5) is 0 Å². The van der Waals surface area contributed by atoms with E-state index >= 15 is 0 Å². The molecular formula is C22H32IN7. The van der Waals surface area contributed by atoms with Crippen molar-refractivity contribution in [3.63, 3.8) is 0 Å². The lowest BCUT2D eigenvalue weighted by atomic mass is 10.1. The summed E-state index contributed by atoms with van der Waals surface area (Å²) in [7, 11) is 3.82. The molecule has 1 unspecified atom stereocenters. The number of aryl methyl sites for hydroxylation is 2. The highest BCUT2D eigenvalue weighted by Crippen LogP contribution is 2.17. The van der Waals surface area contributed by atoms with Gasteiger partial charge in [-0.1, -0.05) is 26.0 Å². The lowest BCUT2D eigenvalue weighted by molar-refractivity contribution is 0.680. The van der Waals surface area contributed by atoms with Gasteiger partial charge in [0.05, 0.1) is 17.4 Å². The average molecular weight is 521 g/mol. The van der Waals surface area contributed by atoms with Gasteiger partial charge in [0.1, 0.15) is 0 Å². The minimum absolute atomic E-state index is 0. The van der Waals surface area contributed by atoms with Crippen LogP contribution in [0.1, 0.15) is 49.3 Å². The van der Waals surface area contributed by atoms with Crippen molar-refractivity contribution in [2.45, 2.75) is 46.2 Å². The quantitative estimate of drug-likeness (QED) is 0.282. The van der Waals surface area contributed by atoms with Gasteiger partial charge >= 0.3 is 0 Å². The van der Waals surface area contributed by atoms with Crippen LogP contribution in [-0.4, -0.2) is 32.6 Å². The normalized spacial score (nSPS) is 12.4. The van der Waals surface area contributed by atoms with Crippen molar-refractivity contribution in [2.75, 3.05) is 7.05 Å². The van der Waals surface area contributed by atoms with Crippen molar-refractivity contribution < 1.29 is 0 Å². The molecule has 0 amide bonds. The van der Waals surface area contributed by atoms with Gasteiger partial charge in [0.2, 0.25) is 0 Å². The number of benzene rings is 1. The summed E-state index contributed by atoms with van der Waals surface area (Å²) in [6, 6.07) is 10.4. The molecule has 0 fully saturated rings. The van der Waals surface area contributed by atoms with Crippen LogP contribution >= 0.6 is 24.0 Å². The van der Waals surface area contributed by atoms with E-state index in [-0.39, 0.29) is 30.0 Å². The minimum Gasteiger partial charge on any atom is -0.352 e. The maximum absolute atomic E-state index is 4.65. The predicted octanol–water partition coefficient (Wildman–Crippen LogP) is 3.77. The predicted molar refractivity (Wildman–Crippen MR) is 133 cm³/mol. The summed E-state index contributed by atoms with van der Waals surface area (Å²) < 4.78 is 3.86. The smallest absolute Gasteiger partial charge is 0.191 e. The highest BCUT2D eigenvalue weighted by Gasteiger charge is 2.15. The van der Waals surface area contributed by atoms with Gasteiger partial charge in [-0.05, 0) is 43.5 Å². The number of halogens is 1. The second kappa shape index (κ2) is 11.1. The zero-order valence-corrected chi connectivity index (χ0v) is 20.7. The molecule has 0 aliphatic heterocycles. The Morgan fingerprint density at radius 1 is 1.20 bits per heavy atom. The Hall–Kier alpha value is -2.36. The Morgan fingerprint density at radius 2 is 2.00 bits per heavy atom. The fourth-order valence-electron chi connectivity index (χ4n) is 3.61. The van der Waals surface area contributed by atoms with E-state index < -0.39 is 0 Å². The Kier molecular flexibility index (Phi) is 8.88. The van der Waals surface area contributed by atoms with Crippen LogP contribution in [0.25, 0.3) is 5.69 Å². The number of aromatic nitrogens is 4. The zero-order chi connectivity index (χ0) is 20.8. The molecule has 3 rings (SSSR count). The summed E-state index contributed by atoms with van der Waals surface area (Å²) in [4.78, 5) is 4.41. The van der Waals surface area contributed by atoms with Crippen molar-refractivity contribution in [3.8, 4) is 5.69 Å². The van der Waals surface area contributed by atoms with Crippen LogP contribution in [0.15, 0.2) is 47.7 Å². The van der Waals surface area contributed by atoms with E-state index in [1.165, 1.54) is 16.8 Å². The third-order valence-electron chi connectivity index (χ3n) is 5.18. The molecule has 0 bridgehead atoms. The van der Waals surface area contributed by atoms with Gasteiger partial charge in [0.25, 0.3) is 0 Å². The van der Waals surface area contributed by atoms with Crippen molar-refractivity contribution >= 4 is 29.9 Å². The number of guanidine groups is 1. The second-order valence-corrected chi connectivity index (χ2v) is 7.04. The highest BCUT2D eigenvalue weighted by atomic mass is 127. The molecule has 2 heterocycles. The number of aliphatic imine (C=N–C) groups is 1. The monoisotopic (exact) mass is 521 g/mol. The lowest BCUT2D eigenvalue weighted by Crippen LogP contribution is -2.38. The van der Waals surface area contributed by atoms with Gasteiger partial charge in [-0.25, -0.2) is 4.68 Å². The van der Waals surface area contributed by atoms with Crippen LogP contribution in [-0.2, 0) is 26.4 Å². The first-order valence-electron chi connectivity index (χ1n) is 10.2. The van der Waals surface area contributed by atoms with E-state index in [4.69, 9.17) is 0 Å². The fourth-order valence-corrected chi connectivity index (χ4v) is 3.61. The van der Waals surface area contributed by atoms with Crippen molar-refractivity contribution in [3.05, 3.63) is 65.2 Å². The SMILES string of the molecule is CCc1nn(C)c(CC)c1CNC(=NC)NC(C)c1cccc(-n2cccn2)c1.I. The molecule has 162 valence electrons.